The van der Waals surface area contributed by atoms with E-state index in [0.717, 1.165) is 24.0 Å². The third-order valence-electron chi connectivity index (χ3n) is 3.88. The maximum atomic E-state index is 12.6. The number of hydrogen-bond donors (Lipinski definition) is 0. The van der Waals surface area contributed by atoms with Gasteiger partial charge in [0, 0.05) is 6.61 Å². The van der Waals surface area contributed by atoms with Gasteiger partial charge in [-0.2, -0.15) is 0 Å². The van der Waals surface area contributed by atoms with Gasteiger partial charge < -0.3 is 14.2 Å². The molecule has 0 heterocycles. The number of carbonyl (C=O) groups is 1. The fourth-order valence-corrected chi connectivity index (χ4v) is 2.89. The number of ether oxygens (including phenoxy) is 3. The maximum Gasteiger partial charge on any atom is 0.339 e. The SMILES string of the molecule is CCCCOC1c2ccc(C(=O)OC(C)(C)C)c(c2)C1OC(C)(C)C. The summed E-state index contributed by atoms with van der Waals surface area (Å²) in [5.41, 5.74) is 1.62. The lowest BCUT2D eigenvalue weighted by Gasteiger charge is -2.30. The second-order valence-corrected chi connectivity index (χ2v) is 8.64. The van der Waals surface area contributed by atoms with Gasteiger partial charge in [0.2, 0.25) is 0 Å². The molecule has 0 N–H and O–H groups in total. The van der Waals surface area contributed by atoms with Crippen LogP contribution in [0.2, 0.25) is 0 Å². The zero-order chi connectivity index (χ0) is 18.8. The van der Waals surface area contributed by atoms with Crippen molar-refractivity contribution in [3.63, 3.8) is 0 Å². The zero-order valence-corrected chi connectivity index (χ0v) is 16.6. The molecule has 1 aromatic rings. The Labute approximate surface area is 151 Å². The minimum Gasteiger partial charge on any atom is -0.456 e. The Bertz CT molecular complexity index is 607. The third kappa shape index (κ3) is 5.29. The number of fused-ring (bicyclic) bond motifs is 2. The summed E-state index contributed by atoms with van der Waals surface area (Å²) in [6, 6.07) is 5.80. The van der Waals surface area contributed by atoms with Gasteiger partial charge >= 0.3 is 5.97 Å². The number of unbranched alkanes of at least 4 members (excludes halogenated alkanes) is 1. The predicted molar refractivity (Wildman–Crippen MR) is 98.8 cm³/mol. The van der Waals surface area contributed by atoms with Crippen LogP contribution in [-0.4, -0.2) is 23.8 Å². The van der Waals surface area contributed by atoms with Crippen molar-refractivity contribution in [3.05, 3.63) is 34.9 Å². The van der Waals surface area contributed by atoms with Crippen molar-refractivity contribution in [2.75, 3.05) is 6.61 Å². The summed E-state index contributed by atoms with van der Waals surface area (Å²) in [5, 5.41) is 0. The average molecular weight is 348 g/mol. The quantitative estimate of drug-likeness (QED) is 0.512. The molecule has 2 rings (SSSR count). The average Bonchev–Trinajstić information content (AvgIpc) is 2.69. The highest BCUT2D eigenvalue weighted by molar-refractivity contribution is 5.92. The summed E-state index contributed by atoms with van der Waals surface area (Å²) in [5.74, 6) is -0.314. The standard InChI is InChI=1S/C21H32O4/c1-8-9-12-23-17-14-10-11-15(19(22)25-21(5,6)7)16(13-14)18(17)24-20(2,3)4/h10-11,13,17-18H,8-9,12H2,1-7H3. The van der Waals surface area contributed by atoms with Crippen molar-refractivity contribution in [1.82, 2.24) is 0 Å². The molecule has 1 aliphatic rings. The molecule has 25 heavy (non-hydrogen) atoms. The van der Waals surface area contributed by atoms with E-state index in [1.165, 1.54) is 0 Å². The predicted octanol–water partition coefficient (Wildman–Crippen LogP) is 5.37. The molecule has 0 aromatic heterocycles. The third-order valence-corrected chi connectivity index (χ3v) is 3.88. The summed E-state index contributed by atoms with van der Waals surface area (Å²) in [4.78, 5) is 12.6. The van der Waals surface area contributed by atoms with Crippen LogP contribution in [0.25, 0.3) is 0 Å². The summed E-state index contributed by atoms with van der Waals surface area (Å²) < 4.78 is 18.0. The minimum atomic E-state index is -0.529. The highest BCUT2D eigenvalue weighted by atomic mass is 16.6. The van der Waals surface area contributed by atoms with Crippen molar-refractivity contribution in [2.24, 2.45) is 0 Å². The molecule has 1 aromatic carbocycles. The minimum absolute atomic E-state index is 0.169. The lowest BCUT2D eigenvalue weighted by molar-refractivity contribution is -0.130. The molecule has 0 radical (unpaired) electrons. The van der Waals surface area contributed by atoms with Crippen LogP contribution in [-0.2, 0) is 14.2 Å². The first-order valence-corrected chi connectivity index (χ1v) is 9.18. The molecule has 0 amide bonds. The molecule has 4 heteroatoms. The van der Waals surface area contributed by atoms with E-state index >= 15 is 0 Å². The van der Waals surface area contributed by atoms with Gasteiger partial charge in [0.15, 0.2) is 0 Å². The van der Waals surface area contributed by atoms with Gasteiger partial charge in [-0.05, 0) is 71.2 Å². The molecule has 0 aliphatic heterocycles. The first kappa shape index (κ1) is 19.9. The lowest BCUT2D eigenvalue weighted by atomic mass is 10.1. The lowest BCUT2D eigenvalue weighted by Crippen LogP contribution is -2.27. The first-order valence-electron chi connectivity index (χ1n) is 9.18. The number of rotatable bonds is 6. The smallest absolute Gasteiger partial charge is 0.339 e. The van der Waals surface area contributed by atoms with Gasteiger partial charge in [-0.15, -0.1) is 0 Å². The normalized spacial score (nSPS) is 20.0. The molecule has 0 saturated carbocycles. The largest absolute Gasteiger partial charge is 0.456 e. The van der Waals surface area contributed by atoms with Crippen molar-refractivity contribution in [3.8, 4) is 0 Å². The highest BCUT2D eigenvalue weighted by Gasteiger charge is 2.39. The molecule has 1 aliphatic carbocycles. The van der Waals surface area contributed by atoms with Gasteiger partial charge in [0.1, 0.15) is 17.8 Å². The Hall–Kier alpha value is -1.39. The molecule has 2 unspecified atom stereocenters. The van der Waals surface area contributed by atoms with E-state index in [4.69, 9.17) is 14.2 Å². The van der Waals surface area contributed by atoms with E-state index in [2.05, 4.69) is 6.92 Å². The van der Waals surface area contributed by atoms with E-state index in [9.17, 15) is 4.79 Å². The van der Waals surface area contributed by atoms with Crippen molar-refractivity contribution in [1.29, 1.82) is 0 Å². The van der Waals surface area contributed by atoms with E-state index in [1.807, 2.05) is 59.7 Å². The molecule has 0 spiro atoms. The van der Waals surface area contributed by atoms with Gasteiger partial charge in [-0.3, -0.25) is 0 Å². The Morgan fingerprint density at radius 3 is 2.28 bits per heavy atom. The van der Waals surface area contributed by atoms with Crippen molar-refractivity contribution < 1.29 is 19.0 Å². The van der Waals surface area contributed by atoms with Crippen molar-refractivity contribution >= 4 is 5.97 Å². The highest BCUT2D eigenvalue weighted by Crippen LogP contribution is 2.46. The Morgan fingerprint density at radius 2 is 1.72 bits per heavy atom. The molecular formula is C21H32O4. The van der Waals surface area contributed by atoms with Crippen LogP contribution in [0.15, 0.2) is 18.2 Å². The molecule has 2 bridgehead atoms. The first-order chi connectivity index (χ1) is 11.5. The second kappa shape index (κ2) is 7.46. The fraction of sp³-hybridized carbons (Fsp3) is 0.667. The summed E-state index contributed by atoms with van der Waals surface area (Å²) in [6.07, 6.45) is 1.63. The fourth-order valence-electron chi connectivity index (χ4n) is 2.89. The van der Waals surface area contributed by atoms with Crippen LogP contribution in [0.3, 0.4) is 0 Å². The van der Waals surface area contributed by atoms with E-state index in [-0.39, 0.29) is 23.8 Å². The van der Waals surface area contributed by atoms with Gasteiger partial charge in [-0.25, -0.2) is 4.79 Å². The van der Waals surface area contributed by atoms with Crippen LogP contribution < -0.4 is 0 Å². The number of hydrogen-bond acceptors (Lipinski definition) is 4. The molecule has 0 saturated heterocycles. The van der Waals surface area contributed by atoms with E-state index in [1.54, 1.807) is 0 Å². The molecule has 0 fully saturated rings. The molecular weight excluding hydrogens is 316 g/mol. The van der Waals surface area contributed by atoms with Gasteiger partial charge in [0.05, 0.1) is 11.2 Å². The zero-order valence-electron chi connectivity index (χ0n) is 16.6. The van der Waals surface area contributed by atoms with Crippen LogP contribution in [0.5, 0.6) is 0 Å². The summed E-state index contributed by atoms with van der Waals surface area (Å²) in [6.45, 7) is 14.5. The molecule has 2 atom stereocenters. The van der Waals surface area contributed by atoms with E-state index < -0.39 is 5.60 Å². The van der Waals surface area contributed by atoms with Crippen LogP contribution in [0.4, 0.5) is 0 Å². The van der Waals surface area contributed by atoms with Gasteiger partial charge in [0.25, 0.3) is 0 Å². The Morgan fingerprint density at radius 1 is 1.04 bits per heavy atom. The summed E-state index contributed by atoms with van der Waals surface area (Å²) in [7, 11) is 0. The Kier molecular flexibility index (Phi) is 5.95. The molecule has 140 valence electrons. The van der Waals surface area contributed by atoms with Crippen LogP contribution >= 0.6 is 0 Å². The topological polar surface area (TPSA) is 44.8 Å². The van der Waals surface area contributed by atoms with Crippen molar-refractivity contribution in [2.45, 2.75) is 84.7 Å². The number of carbonyl (C=O) groups excluding carboxylic acids is 1. The number of benzene rings is 1. The second-order valence-electron chi connectivity index (χ2n) is 8.64. The van der Waals surface area contributed by atoms with E-state index in [0.29, 0.717) is 12.2 Å². The van der Waals surface area contributed by atoms with Crippen LogP contribution in [0.1, 0.15) is 95.0 Å². The maximum absolute atomic E-state index is 12.6. The van der Waals surface area contributed by atoms with Gasteiger partial charge in [-0.1, -0.05) is 19.4 Å². The monoisotopic (exact) mass is 348 g/mol. The molecule has 4 nitrogen and oxygen atoms in total. The summed E-state index contributed by atoms with van der Waals surface area (Å²) >= 11 is 0. The Balaban J connectivity index is 2.29. The number of esters is 1. The van der Waals surface area contributed by atoms with Crippen LogP contribution in [0, 0.1) is 0 Å².